The number of likely N-dealkylation sites (N-methyl/N-ethyl adjacent to an activating group) is 1. The van der Waals surface area contributed by atoms with Gasteiger partial charge in [0.25, 0.3) is 0 Å². The highest BCUT2D eigenvalue weighted by molar-refractivity contribution is 5.74. The third-order valence-electron chi connectivity index (χ3n) is 3.82. The average Bonchev–Trinajstić information content (AvgIpc) is 2.49. The average molecular weight is 291 g/mol. The van der Waals surface area contributed by atoms with Crippen LogP contribution in [-0.4, -0.2) is 50.8 Å². The van der Waals surface area contributed by atoms with Gasteiger partial charge in [0, 0.05) is 25.8 Å². The van der Waals surface area contributed by atoms with E-state index in [4.69, 9.17) is 4.74 Å². The van der Waals surface area contributed by atoms with Gasteiger partial charge in [0.15, 0.2) is 0 Å². The summed E-state index contributed by atoms with van der Waals surface area (Å²) in [6.07, 6.45) is 1.78. The Morgan fingerprint density at radius 1 is 1.29 bits per heavy atom. The van der Waals surface area contributed by atoms with Gasteiger partial charge >= 0.3 is 6.03 Å². The van der Waals surface area contributed by atoms with E-state index in [2.05, 4.69) is 27.7 Å². The van der Waals surface area contributed by atoms with Crippen LogP contribution in [0.25, 0.3) is 0 Å². The molecule has 116 valence electrons. The van der Waals surface area contributed by atoms with Crippen molar-refractivity contribution in [3.63, 3.8) is 0 Å². The smallest absolute Gasteiger partial charge is 0.315 e. The van der Waals surface area contributed by atoms with Crippen molar-refractivity contribution in [1.82, 2.24) is 15.5 Å². The van der Waals surface area contributed by atoms with Crippen LogP contribution in [0.5, 0.6) is 0 Å². The molecule has 0 radical (unpaired) electrons. The van der Waals surface area contributed by atoms with Crippen molar-refractivity contribution in [3.05, 3.63) is 35.9 Å². The Morgan fingerprint density at radius 3 is 2.57 bits per heavy atom. The molecule has 5 heteroatoms. The maximum Gasteiger partial charge on any atom is 0.315 e. The molecule has 1 saturated heterocycles. The molecule has 0 saturated carbocycles. The molecular weight excluding hydrogens is 266 g/mol. The summed E-state index contributed by atoms with van der Waals surface area (Å²) < 4.78 is 5.29. The van der Waals surface area contributed by atoms with Crippen molar-refractivity contribution in [2.45, 2.75) is 24.9 Å². The molecule has 1 atom stereocenters. The molecule has 0 spiro atoms. The number of ether oxygens (including phenoxy) is 1. The molecule has 1 unspecified atom stereocenters. The Bertz CT molecular complexity index is 430. The van der Waals surface area contributed by atoms with Crippen LogP contribution in [0.2, 0.25) is 0 Å². The van der Waals surface area contributed by atoms with Gasteiger partial charge in [-0.15, -0.1) is 0 Å². The summed E-state index contributed by atoms with van der Waals surface area (Å²) in [6, 6.07) is 10.5. The monoisotopic (exact) mass is 291 g/mol. The first-order valence-corrected chi connectivity index (χ1v) is 7.50. The molecule has 1 heterocycles. The number of hydrogen-bond donors (Lipinski definition) is 2. The van der Waals surface area contributed by atoms with Gasteiger partial charge in [0.2, 0.25) is 0 Å². The standard InChI is InChI=1S/C16H25N3O2/c1-19(2)15(13-6-4-3-5-7-13)12-17-16(20)18-14-8-10-21-11-9-14/h3-7,14-15H,8-12H2,1-2H3,(H2,17,18,20). The van der Waals surface area contributed by atoms with Crippen molar-refractivity contribution >= 4 is 6.03 Å². The number of benzene rings is 1. The van der Waals surface area contributed by atoms with Gasteiger partial charge in [-0.3, -0.25) is 0 Å². The van der Waals surface area contributed by atoms with Crippen molar-refractivity contribution in [2.24, 2.45) is 0 Å². The predicted molar refractivity (Wildman–Crippen MR) is 83.2 cm³/mol. The minimum absolute atomic E-state index is 0.0929. The zero-order valence-corrected chi connectivity index (χ0v) is 12.8. The highest BCUT2D eigenvalue weighted by Crippen LogP contribution is 2.16. The molecule has 21 heavy (non-hydrogen) atoms. The second-order valence-corrected chi connectivity index (χ2v) is 5.63. The van der Waals surface area contributed by atoms with E-state index in [1.54, 1.807) is 0 Å². The topological polar surface area (TPSA) is 53.6 Å². The van der Waals surface area contributed by atoms with Crippen LogP contribution in [0.1, 0.15) is 24.4 Å². The molecule has 1 aliphatic heterocycles. The van der Waals surface area contributed by atoms with Crippen LogP contribution in [0.4, 0.5) is 4.79 Å². The molecule has 1 aromatic rings. The zero-order chi connectivity index (χ0) is 15.1. The number of nitrogens with one attached hydrogen (secondary N) is 2. The Morgan fingerprint density at radius 2 is 1.95 bits per heavy atom. The lowest BCUT2D eigenvalue weighted by Gasteiger charge is -2.27. The van der Waals surface area contributed by atoms with E-state index >= 15 is 0 Å². The Balaban J connectivity index is 1.82. The Kier molecular flexibility index (Phi) is 6.02. The van der Waals surface area contributed by atoms with Crippen LogP contribution in [0.3, 0.4) is 0 Å². The fourth-order valence-corrected chi connectivity index (χ4v) is 2.54. The molecule has 2 N–H and O–H groups in total. The highest BCUT2D eigenvalue weighted by atomic mass is 16.5. The fourth-order valence-electron chi connectivity index (χ4n) is 2.54. The number of urea groups is 1. The summed E-state index contributed by atoms with van der Waals surface area (Å²) in [5, 5.41) is 5.99. The first kappa shape index (κ1) is 15.8. The van der Waals surface area contributed by atoms with Crippen LogP contribution >= 0.6 is 0 Å². The van der Waals surface area contributed by atoms with Crippen LogP contribution in [0, 0.1) is 0 Å². The summed E-state index contributed by atoms with van der Waals surface area (Å²) in [4.78, 5) is 14.1. The molecule has 0 aliphatic carbocycles. The highest BCUT2D eigenvalue weighted by Gasteiger charge is 2.18. The van der Waals surface area contributed by atoms with E-state index in [0.717, 1.165) is 26.1 Å². The van der Waals surface area contributed by atoms with Gasteiger partial charge in [0.1, 0.15) is 0 Å². The number of carbonyl (C=O) groups excluding carboxylic acids is 1. The lowest BCUT2D eigenvalue weighted by molar-refractivity contribution is 0.0800. The maximum atomic E-state index is 12.0. The van der Waals surface area contributed by atoms with Crippen molar-refractivity contribution in [2.75, 3.05) is 33.9 Å². The minimum Gasteiger partial charge on any atom is -0.381 e. The molecule has 1 aliphatic rings. The first-order valence-electron chi connectivity index (χ1n) is 7.50. The minimum atomic E-state index is -0.0929. The number of rotatable bonds is 5. The molecule has 1 fully saturated rings. The quantitative estimate of drug-likeness (QED) is 0.869. The molecule has 0 bridgehead atoms. The summed E-state index contributed by atoms with van der Waals surface area (Å²) in [7, 11) is 4.05. The molecule has 0 aromatic heterocycles. The lowest BCUT2D eigenvalue weighted by atomic mass is 10.1. The molecule has 1 aromatic carbocycles. The molecule has 5 nitrogen and oxygen atoms in total. The van der Waals surface area contributed by atoms with E-state index in [1.807, 2.05) is 32.3 Å². The van der Waals surface area contributed by atoms with Gasteiger partial charge in [-0.05, 0) is 32.5 Å². The zero-order valence-electron chi connectivity index (χ0n) is 12.8. The first-order chi connectivity index (χ1) is 10.2. The third-order valence-corrected chi connectivity index (χ3v) is 3.82. The second kappa shape index (κ2) is 8.00. The summed E-state index contributed by atoms with van der Waals surface area (Å²) in [5.74, 6) is 0. The van der Waals surface area contributed by atoms with Crippen molar-refractivity contribution in [1.29, 1.82) is 0 Å². The number of carbonyl (C=O) groups is 1. The van der Waals surface area contributed by atoms with E-state index in [9.17, 15) is 4.79 Å². The molecule has 2 rings (SSSR count). The van der Waals surface area contributed by atoms with Crippen LogP contribution in [0.15, 0.2) is 30.3 Å². The second-order valence-electron chi connectivity index (χ2n) is 5.63. The number of nitrogens with zero attached hydrogens (tertiary/aromatic N) is 1. The largest absolute Gasteiger partial charge is 0.381 e. The lowest BCUT2D eigenvalue weighted by Crippen LogP contribution is -2.46. The van der Waals surface area contributed by atoms with Crippen LogP contribution < -0.4 is 10.6 Å². The van der Waals surface area contributed by atoms with Gasteiger partial charge in [-0.2, -0.15) is 0 Å². The van der Waals surface area contributed by atoms with E-state index in [1.165, 1.54) is 5.56 Å². The third kappa shape index (κ3) is 5.02. The summed E-state index contributed by atoms with van der Waals surface area (Å²) in [6.45, 7) is 2.05. The van der Waals surface area contributed by atoms with Gasteiger partial charge < -0.3 is 20.3 Å². The molecular formula is C16H25N3O2. The maximum absolute atomic E-state index is 12.0. The van der Waals surface area contributed by atoms with Crippen LogP contribution in [-0.2, 0) is 4.74 Å². The summed E-state index contributed by atoms with van der Waals surface area (Å²) >= 11 is 0. The van der Waals surface area contributed by atoms with Crippen molar-refractivity contribution < 1.29 is 9.53 Å². The SMILES string of the molecule is CN(C)C(CNC(=O)NC1CCOCC1)c1ccccc1. The predicted octanol–water partition coefficient (Wildman–Crippen LogP) is 1.77. The normalized spacial score (nSPS) is 17.5. The Hall–Kier alpha value is -1.59. The Labute approximate surface area is 126 Å². The number of amides is 2. The fraction of sp³-hybridized carbons (Fsp3) is 0.562. The van der Waals surface area contributed by atoms with Gasteiger partial charge in [0.05, 0.1) is 6.04 Å². The summed E-state index contributed by atoms with van der Waals surface area (Å²) in [5.41, 5.74) is 1.20. The number of hydrogen-bond acceptors (Lipinski definition) is 3. The van der Waals surface area contributed by atoms with E-state index in [-0.39, 0.29) is 18.1 Å². The van der Waals surface area contributed by atoms with E-state index in [0.29, 0.717) is 6.54 Å². The van der Waals surface area contributed by atoms with E-state index < -0.39 is 0 Å². The van der Waals surface area contributed by atoms with Gasteiger partial charge in [-0.25, -0.2) is 4.79 Å². The van der Waals surface area contributed by atoms with Crippen molar-refractivity contribution in [3.8, 4) is 0 Å². The van der Waals surface area contributed by atoms with Gasteiger partial charge in [-0.1, -0.05) is 30.3 Å². The molecule has 2 amide bonds.